The molecule has 2 aromatic carbocycles. The van der Waals surface area contributed by atoms with Crippen molar-refractivity contribution in [2.45, 2.75) is 12.8 Å². The van der Waals surface area contributed by atoms with Crippen LogP contribution >= 0.6 is 0 Å². The molecule has 31 heavy (non-hydrogen) atoms. The van der Waals surface area contributed by atoms with Crippen LogP contribution in [0.15, 0.2) is 51.4 Å². The van der Waals surface area contributed by atoms with E-state index in [9.17, 15) is 18.0 Å². The summed E-state index contributed by atoms with van der Waals surface area (Å²) in [5.41, 5.74) is 1.34. The number of halogens is 3. The molecule has 158 valence electrons. The van der Waals surface area contributed by atoms with Gasteiger partial charge in [-0.1, -0.05) is 11.2 Å². The van der Waals surface area contributed by atoms with Gasteiger partial charge in [-0.15, -0.1) is 10.2 Å². The predicted octanol–water partition coefficient (Wildman–Crippen LogP) is 4.54. The predicted molar refractivity (Wildman–Crippen MR) is 98.8 cm³/mol. The number of nitrogens with zero attached hydrogens (tertiary/aromatic N) is 4. The van der Waals surface area contributed by atoms with Crippen LogP contribution in [-0.4, -0.2) is 31.5 Å². The number of benzene rings is 2. The largest absolute Gasteiger partial charge is 0.465 e. The third-order valence-electron chi connectivity index (χ3n) is 4.13. The first-order valence-electron chi connectivity index (χ1n) is 8.72. The van der Waals surface area contributed by atoms with E-state index in [0.717, 1.165) is 6.07 Å². The summed E-state index contributed by atoms with van der Waals surface area (Å²) < 4.78 is 49.6. The SMILES string of the molecule is O=C(O)Nc1ccc(-c2noc(Cc3ccc(-c4nnc(C(F)F)o4)cc3F)n2)cc1. The highest BCUT2D eigenvalue weighted by Crippen LogP contribution is 2.26. The molecule has 12 heteroatoms. The number of carboxylic acid groups (broad SMARTS) is 1. The number of rotatable bonds is 6. The minimum atomic E-state index is -2.92. The quantitative estimate of drug-likeness (QED) is 0.455. The molecule has 0 fully saturated rings. The number of carbonyl (C=O) groups is 1. The van der Waals surface area contributed by atoms with Gasteiger partial charge in [-0.05, 0) is 42.0 Å². The van der Waals surface area contributed by atoms with Crippen molar-refractivity contribution in [2.24, 2.45) is 0 Å². The van der Waals surface area contributed by atoms with E-state index in [1.54, 1.807) is 12.1 Å². The monoisotopic (exact) mass is 431 g/mol. The van der Waals surface area contributed by atoms with Crippen molar-refractivity contribution < 1.29 is 32.0 Å². The highest BCUT2D eigenvalue weighted by atomic mass is 19.3. The second kappa shape index (κ2) is 8.26. The molecular formula is C19H12F3N5O4. The Balaban J connectivity index is 1.48. The Morgan fingerprint density at radius 3 is 2.48 bits per heavy atom. The van der Waals surface area contributed by atoms with E-state index in [0.29, 0.717) is 11.3 Å². The van der Waals surface area contributed by atoms with Crippen LogP contribution in [-0.2, 0) is 6.42 Å². The van der Waals surface area contributed by atoms with Gasteiger partial charge in [-0.2, -0.15) is 13.8 Å². The lowest BCUT2D eigenvalue weighted by Gasteiger charge is -2.02. The number of nitrogens with one attached hydrogen (secondary N) is 1. The fraction of sp³-hybridized carbons (Fsp3) is 0.105. The fourth-order valence-corrected chi connectivity index (χ4v) is 2.70. The molecule has 0 unspecified atom stereocenters. The maximum atomic E-state index is 14.5. The number of alkyl halides is 2. The molecule has 0 spiro atoms. The molecular weight excluding hydrogens is 419 g/mol. The normalized spacial score (nSPS) is 11.1. The maximum absolute atomic E-state index is 14.5. The molecule has 0 saturated heterocycles. The molecule has 0 aliphatic carbocycles. The average Bonchev–Trinajstić information content (AvgIpc) is 3.40. The molecule has 0 atom stereocenters. The molecule has 2 heterocycles. The lowest BCUT2D eigenvalue weighted by Crippen LogP contribution is -2.06. The van der Waals surface area contributed by atoms with Crippen LogP contribution in [0.5, 0.6) is 0 Å². The van der Waals surface area contributed by atoms with Crippen LogP contribution in [0.1, 0.15) is 23.8 Å². The van der Waals surface area contributed by atoms with E-state index in [2.05, 4.69) is 25.7 Å². The standard InChI is InChI=1S/C19H12F3N5O4/c20-13-7-11(17-25-26-18(30-17)15(21)22)2-1-10(13)8-14-24-16(27-31-14)9-3-5-12(6-4-9)23-19(28)29/h1-7,15,23H,8H2,(H,28,29). The third-order valence-corrected chi connectivity index (χ3v) is 4.13. The van der Waals surface area contributed by atoms with Crippen LogP contribution in [0, 0.1) is 5.82 Å². The van der Waals surface area contributed by atoms with Gasteiger partial charge < -0.3 is 14.0 Å². The molecule has 0 aliphatic rings. The van der Waals surface area contributed by atoms with E-state index in [-0.39, 0.29) is 35.2 Å². The third kappa shape index (κ3) is 4.52. The second-order valence-electron chi connectivity index (χ2n) is 6.25. The summed E-state index contributed by atoms with van der Waals surface area (Å²) >= 11 is 0. The van der Waals surface area contributed by atoms with Gasteiger partial charge in [-0.25, -0.2) is 9.18 Å². The summed E-state index contributed by atoms with van der Waals surface area (Å²) in [6, 6.07) is 10.2. The number of amides is 1. The van der Waals surface area contributed by atoms with Crippen molar-refractivity contribution in [1.82, 2.24) is 20.3 Å². The van der Waals surface area contributed by atoms with Crippen LogP contribution < -0.4 is 5.32 Å². The molecule has 0 bridgehead atoms. The van der Waals surface area contributed by atoms with Crippen molar-refractivity contribution in [3.8, 4) is 22.8 Å². The Bertz CT molecular complexity index is 1220. The Morgan fingerprint density at radius 2 is 1.84 bits per heavy atom. The molecule has 1 amide bonds. The summed E-state index contributed by atoms with van der Waals surface area (Å²) in [6.07, 6.45) is -4.11. The van der Waals surface area contributed by atoms with E-state index < -0.39 is 24.2 Å². The summed E-state index contributed by atoms with van der Waals surface area (Å²) in [5, 5.41) is 21.4. The van der Waals surface area contributed by atoms with Gasteiger partial charge in [-0.3, -0.25) is 5.32 Å². The zero-order valence-electron chi connectivity index (χ0n) is 15.4. The van der Waals surface area contributed by atoms with Gasteiger partial charge in [0.05, 0.1) is 6.42 Å². The van der Waals surface area contributed by atoms with E-state index >= 15 is 0 Å². The molecule has 2 aromatic heterocycles. The summed E-state index contributed by atoms with van der Waals surface area (Å²) in [4.78, 5) is 14.8. The number of hydrogen-bond acceptors (Lipinski definition) is 7. The van der Waals surface area contributed by atoms with Crippen LogP contribution in [0.3, 0.4) is 0 Å². The fourth-order valence-electron chi connectivity index (χ4n) is 2.70. The zero-order chi connectivity index (χ0) is 22.0. The molecule has 4 rings (SSSR count). The van der Waals surface area contributed by atoms with Gasteiger partial charge in [0, 0.05) is 16.8 Å². The summed E-state index contributed by atoms with van der Waals surface area (Å²) in [6.45, 7) is 0. The first-order chi connectivity index (χ1) is 14.9. The minimum absolute atomic E-state index is 0.0100. The van der Waals surface area contributed by atoms with Crippen LogP contribution in [0.2, 0.25) is 0 Å². The number of anilines is 1. The van der Waals surface area contributed by atoms with Crippen LogP contribution in [0.25, 0.3) is 22.8 Å². The Kier molecular flexibility index (Phi) is 5.35. The Morgan fingerprint density at radius 1 is 1.10 bits per heavy atom. The lowest BCUT2D eigenvalue weighted by atomic mass is 10.1. The maximum Gasteiger partial charge on any atom is 0.409 e. The molecule has 0 radical (unpaired) electrons. The number of aromatic nitrogens is 4. The van der Waals surface area contributed by atoms with Crippen molar-refractivity contribution in [1.29, 1.82) is 0 Å². The first kappa shape index (κ1) is 20.1. The highest BCUT2D eigenvalue weighted by molar-refractivity contribution is 5.83. The van der Waals surface area contributed by atoms with E-state index in [1.165, 1.54) is 24.3 Å². The lowest BCUT2D eigenvalue weighted by molar-refractivity contribution is 0.116. The smallest absolute Gasteiger partial charge is 0.409 e. The van der Waals surface area contributed by atoms with Crippen molar-refractivity contribution in [3.63, 3.8) is 0 Å². The van der Waals surface area contributed by atoms with Crippen molar-refractivity contribution >= 4 is 11.8 Å². The molecule has 9 nitrogen and oxygen atoms in total. The summed E-state index contributed by atoms with van der Waals surface area (Å²) in [7, 11) is 0. The van der Waals surface area contributed by atoms with Crippen LogP contribution in [0.4, 0.5) is 23.7 Å². The first-order valence-corrected chi connectivity index (χ1v) is 8.72. The van der Waals surface area contributed by atoms with E-state index in [1.807, 2.05) is 0 Å². The Hall–Kier alpha value is -4.22. The molecule has 2 N–H and O–H groups in total. The molecule has 4 aromatic rings. The van der Waals surface area contributed by atoms with Crippen molar-refractivity contribution in [2.75, 3.05) is 5.32 Å². The van der Waals surface area contributed by atoms with Gasteiger partial charge in [0.2, 0.25) is 17.6 Å². The van der Waals surface area contributed by atoms with Gasteiger partial charge in [0.15, 0.2) is 0 Å². The summed E-state index contributed by atoms with van der Waals surface area (Å²) in [5.74, 6) is -1.31. The number of hydrogen-bond donors (Lipinski definition) is 2. The molecule has 0 aliphatic heterocycles. The minimum Gasteiger partial charge on any atom is -0.465 e. The van der Waals surface area contributed by atoms with Gasteiger partial charge in [0.1, 0.15) is 5.82 Å². The Labute approximate surface area is 171 Å². The van der Waals surface area contributed by atoms with Gasteiger partial charge >= 0.3 is 12.5 Å². The van der Waals surface area contributed by atoms with Gasteiger partial charge in [0.25, 0.3) is 5.89 Å². The topological polar surface area (TPSA) is 127 Å². The zero-order valence-corrected chi connectivity index (χ0v) is 15.4. The van der Waals surface area contributed by atoms with E-state index in [4.69, 9.17) is 14.0 Å². The highest BCUT2D eigenvalue weighted by Gasteiger charge is 2.18. The molecule has 0 saturated carbocycles. The second-order valence-corrected chi connectivity index (χ2v) is 6.25. The average molecular weight is 431 g/mol. The van der Waals surface area contributed by atoms with Crippen molar-refractivity contribution in [3.05, 3.63) is 65.6 Å².